The van der Waals surface area contributed by atoms with E-state index in [2.05, 4.69) is 24.6 Å². The quantitative estimate of drug-likeness (QED) is 0.627. The second-order valence-corrected chi connectivity index (χ2v) is 3.79. The standard InChI is InChI=1S/C12H15N/c1-3-9(2)11-7-6-10-5-4-8-13-12(10)11/h3-5,8-9,11H,1,6-7H2,2H3/t9-,11+/m0/s1. The molecule has 1 aliphatic rings. The summed E-state index contributed by atoms with van der Waals surface area (Å²) in [4.78, 5) is 4.46. The van der Waals surface area contributed by atoms with Crippen LogP contribution < -0.4 is 0 Å². The maximum Gasteiger partial charge on any atom is 0.0472 e. The zero-order valence-electron chi connectivity index (χ0n) is 8.03. The van der Waals surface area contributed by atoms with Gasteiger partial charge < -0.3 is 0 Å². The molecule has 1 aromatic heterocycles. The summed E-state index contributed by atoms with van der Waals surface area (Å²) >= 11 is 0. The number of hydrogen-bond acceptors (Lipinski definition) is 1. The number of nitrogens with zero attached hydrogens (tertiary/aromatic N) is 1. The molecule has 0 radical (unpaired) electrons. The van der Waals surface area contributed by atoms with Crippen molar-refractivity contribution in [1.29, 1.82) is 0 Å². The summed E-state index contributed by atoms with van der Waals surface area (Å²) in [5.74, 6) is 1.16. The molecule has 0 aliphatic heterocycles. The van der Waals surface area contributed by atoms with Crippen LogP contribution in [0, 0.1) is 5.92 Å². The van der Waals surface area contributed by atoms with Crippen molar-refractivity contribution < 1.29 is 0 Å². The Labute approximate surface area is 79.5 Å². The van der Waals surface area contributed by atoms with Crippen molar-refractivity contribution in [3.8, 4) is 0 Å². The second-order valence-electron chi connectivity index (χ2n) is 3.79. The lowest BCUT2D eigenvalue weighted by atomic mass is 9.92. The lowest BCUT2D eigenvalue weighted by molar-refractivity contribution is 0.534. The van der Waals surface area contributed by atoms with E-state index in [9.17, 15) is 0 Å². The maximum absolute atomic E-state index is 4.46. The number of allylic oxidation sites excluding steroid dienone is 1. The Morgan fingerprint density at radius 1 is 1.69 bits per heavy atom. The highest BCUT2D eigenvalue weighted by atomic mass is 14.7. The number of rotatable bonds is 2. The molecule has 1 aromatic rings. The molecule has 68 valence electrons. The monoisotopic (exact) mass is 173 g/mol. The van der Waals surface area contributed by atoms with Crippen LogP contribution in [0.3, 0.4) is 0 Å². The molecular formula is C12H15N. The lowest BCUT2D eigenvalue weighted by Crippen LogP contribution is -2.04. The van der Waals surface area contributed by atoms with Gasteiger partial charge in [0.15, 0.2) is 0 Å². The molecule has 0 spiro atoms. The van der Waals surface area contributed by atoms with Crippen LogP contribution in [0.4, 0.5) is 0 Å². The minimum atomic E-state index is 0.552. The summed E-state index contributed by atoms with van der Waals surface area (Å²) in [6.07, 6.45) is 6.35. The fourth-order valence-corrected chi connectivity index (χ4v) is 2.12. The SMILES string of the molecule is C=C[C@H](C)[C@H]1CCc2cccnc21. The van der Waals surface area contributed by atoms with Crippen molar-refractivity contribution >= 4 is 0 Å². The van der Waals surface area contributed by atoms with E-state index < -0.39 is 0 Å². The van der Waals surface area contributed by atoms with Crippen molar-refractivity contribution in [2.45, 2.75) is 25.7 Å². The van der Waals surface area contributed by atoms with E-state index in [1.54, 1.807) is 0 Å². The van der Waals surface area contributed by atoms with E-state index in [-0.39, 0.29) is 0 Å². The highest BCUT2D eigenvalue weighted by Crippen LogP contribution is 2.36. The summed E-state index contributed by atoms with van der Waals surface area (Å²) in [6, 6.07) is 4.22. The number of aryl methyl sites for hydroxylation is 1. The Morgan fingerprint density at radius 3 is 3.31 bits per heavy atom. The van der Waals surface area contributed by atoms with Crippen LogP contribution in [0.2, 0.25) is 0 Å². The van der Waals surface area contributed by atoms with Gasteiger partial charge in [-0.1, -0.05) is 19.1 Å². The molecule has 0 bridgehead atoms. The van der Waals surface area contributed by atoms with Crippen molar-refractivity contribution in [2.75, 3.05) is 0 Å². The first-order chi connectivity index (χ1) is 6.33. The highest BCUT2D eigenvalue weighted by molar-refractivity contribution is 5.29. The third-order valence-corrected chi connectivity index (χ3v) is 3.01. The molecule has 0 amide bonds. The van der Waals surface area contributed by atoms with E-state index in [1.165, 1.54) is 24.1 Å². The van der Waals surface area contributed by atoms with Crippen molar-refractivity contribution in [1.82, 2.24) is 4.98 Å². The lowest BCUT2D eigenvalue weighted by Gasteiger charge is -2.14. The van der Waals surface area contributed by atoms with E-state index in [4.69, 9.17) is 0 Å². The van der Waals surface area contributed by atoms with E-state index >= 15 is 0 Å². The summed E-state index contributed by atoms with van der Waals surface area (Å²) in [5.41, 5.74) is 2.73. The number of aromatic nitrogens is 1. The number of pyridine rings is 1. The van der Waals surface area contributed by atoms with Gasteiger partial charge in [0.1, 0.15) is 0 Å². The van der Waals surface area contributed by atoms with Gasteiger partial charge in [-0.05, 0) is 30.4 Å². The third kappa shape index (κ3) is 1.39. The molecule has 0 N–H and O–H groups in total. The van der Waals surface area contributed by atoms with Crippen LogP contribution in [0.15, 0.2) is 31.0 Å². The van der Waals surface area contributed by atoms with Crippen molar-refractivity contribution in [2.24, 2.45) is 5.92 Å². The zero-order valence-corrected chi connectivity index (χ0v) is 8.03. The van der Waals surface area contributed by atoms with Crippen LogP contribution in [0.5, 0.6) is 0 Å². The largest absolute Gasteiger partial charge is 0.261 e. The minimum Gasteiger partial charge on any atom is -0.261 e. The summed E-state index contributed by atoms with van der Waals surface area (Å²) < 4.78 is 0. The molecule has 1 aliphatic carbocycles. The minimum absolute atomic E-state index is 0.552. The topological polar surface area (TPSA) is 12.9 Å². The predicted octanol–water partition coefficient (Wildman–Crippen LogP) is 2.93. The Morgan fingerprint density at radius 2 is 2.54 bits per heavy atom. The Hall–Kier alpha value is -1.11. The summed E-state index contributed by atoms with van der Waals surface area (Å²) in [6.45, 7) is 6.07. The van der Waals surface area contributed by atoms with Crippen LogP contribution >= 0.6 is 0 Å². The molecular weight excluding hydrogens is 158 g/mol. The van der Waals surface area contributed by atoms with Gasteiger partial charge in [0, 0.05) is 17.8 Å². The fourth-order valence-electron chi connectivity index (χ4n) is 2.12. The summed E-state index contributed by atoms with van der Waals surface area (Å²) in [5, 5.41) is 0. The molecule has 13 heavy (non-hydrogen) atoms. The average Bonchev–Trinajstić information content (AvgIpc) is 2.60. The highest BCUT2D eigenvalue weighted by Gasteiger charge is 2.26. The predicted molar refractivity (Wildman–Crippen MR) is 54.7 cm³/mol. The smallest absolute Gasteiger partial charge is 0.0472 e. The first-order valence-corrected chi connectivity index (χ1v) is 4.89. The van der Waals surface area contributed by atoms with Crippen LogP contribution in [0.1, 0.15) is 30.5 Å². The molecule has 0 unspecified atom stereocenters. The Bertz CT molecular complexity index is 317. The molecule has 2 rings (SSSR count). The van der Waals surface area contributed by atoms with Gasteiger partial charge in [-0.3, -0.25) is 4.98 Å². The molecule has 0 saturated heterocycles. The van der Waals surface area contributed by atoms with Gasteiger partial charge in [-0.2, -0.15) is 0 Å². The van der Waals surface area contributed by atoms with E-state index in [1.807, 2.05) is 18.3 Å². The first-order valence-electron chi connectivity index (χ1n) is 4.89. The van der Waals surface area contributed by atoms with Gasteiger partial charge in [-0.15, -0.1) is 6.58 Å². The molecule has 2 atom stereocenters. The number of hydrogen-bond donors (Lipinski definition) is 0. The average molecular weight is 173 g/mol. The molecule has 0 fully saturated rings. The Balaban J connectivity index is 2.33. The molecule has 0 saturated carbocycles. The van der Waals surface area contributed by atoms with Crippen molar-refractivity contribution in [3.63, 3.8) is 0 Å². The fraction of sp³-hybridized carbons (Fsp3) is 0.417. The van der Waals surface area contributed by atoms with E-state index in [0.29, 0.717) is 11.8 Å². The van der Waals surface area contributed by atoms with Gasteiger partial charge in [0.05, 0.1) is 0 Å². The molecule has 0 aromatic carbocycles. The van der Waals surface area contributed by atoms with Gasteiger partial charge in [0.2, 0.25) is 0 Å². The number of fused-ring (bicyclic) bond motifs is 1. The first kappa shape index (κ1) is 8.49. The normalized spacial score (nSPS) is 22.4. The third-order valence-electron chi connectivity index (χ3n) is 3.01. The molecule has 1 nitrogen and oxygen atoms in total. The van der Waals surface area contributed by atoms with E-state index in [0.717, 1.165) is 0 Å². The summed E-state index contributed by atoms with van der Waals surface area (Å²) in [7, 11) is 0. The zero-order chi connectivity index (χ0) is 9.26. The van der Waals surface area contributed by atoms with Gasteiger partial charge in [0.25, 0.3) is 0 Å². The van der Waals surface area contributed by atoms with Gasteiger partial charge >= 0.3 is 0 Å². The van der Waals surface area contributed by atoms with Gasteiger partial charge in [-0.25, -0.2) is 0 Å². The van der Waals surface area contributed by atoms with Crippen LogP contribution in [-0.4, -0.2) is 4.98 Å². The van der Waals surface area contributed by atoms with Crippen LogP contribution in [-0.2, 0) is 6.42 Å². The Kier molecular flexibility index (Phi) is 2.17. The van der Waals surface area contributed by atoms with Crippen LogP contribution in [0.25, 0.3) is 0 Å². The molecule has 1 heterocycles. The maximum atomic E-state index is 4.46. The molecule has 1 heteroatoms. The second kappa shape index (κ2) is 3.33. The van der Waals surface area contributed by atoms with Crippen molar-refractivity contribution in [3.05, 3.63) is 42.2 Å².